The molecule has 0 aromatic carbocycles. The molecular formula is C21H27N. The molecule has 0 fully saturated rings. The van der Waals surface area contributed by atoms with Crippen LogP contribution in [-0.2, 0) is 0 Å². The minimum atomic E-state index is 0.656. The molecule has 0 saturated carbocycles. The van der Waals surface area contributed by atoms with Gasteiger partial charge in [0.05, 0.1) is 0 Å². The van der Waals surface area contributed by atoms with E-state index in [0.29, 0.717) is 11.8 Å². The molecule has 3 aliphatic carbocycles. The Kier molecular flexibility index (Phi) is 4.52. The third kappa shape index (κ3) is 3.35. The Balaban J connectivity index is 1.93. The molecule has 2 atom stereocenters. The van der Waals surface area contributed by atoms with Crippen molar-refractivity contribution in [3.05, 3.63) is 71.3 Å². The monoisotopic (exact) mass is 293 g/mol. The van der Waals surface area contributed by atoms with E-state index >= 15 is 0 Å². The standard InChI is InChI=1S/C21H27N/c1-16-4-10-19(11-5-16)22(20-12-6-17(2)7-13-20)21-14-8-18(3)9-15-21/h4,6,8,10-14,16-17H,5,7,9,15H2,1-3H3. The molecule has 0 heterocycles. The third-order valence-corrected chi connectivity index (χ3v) is 4.73. The van der Waals surface area contributed by atoms with Gasteiger partial charge in [0.2, 0.25) is 0 Å². The highest BCUT2D eigenvalue weighted by Gasteiger charge is 2.20. The highest BCUT2D eigenvalue weighted by Crippen LogP contribution is 2.33. The molecule has 2 unspecified atom stereocenters. The predicted molar refractivity (Wildman–Crippen MR) is 94.9 cm³/mol. The summed E-state index contributed by atoms with van der Waals surface area (Å²) in [6.45, 7) is 6.78. The van der Waals surface area contributed by atoms with Gasteiger partial charge in [0.1, 0.15) is 0 Å². The molecule has 1 heteroatoms. The van der Waals surface area contributed by atoms with Crippen LogP contribution in [0.4, 0.5) is 0 Å². The molecule has 0 aromatic rings. The first-order chi connectivity index (χ1) is 10.6. The van der Waals surface area contributed by atoms with Crippen LogP contribution < -0.4 is 0 Å². The lowest BCUT2D eigenvalue weighted by Crippen LogP contribution is -2.23. The zero-order valence-corrected chi connectivity index (χ0v) is 14.0. The molecule has 1 nitrogen and oxygen atoms in total. The van der Waals surface area contributed by atoms with E-state index in [-0.39, 0.29) is 0 Å². The van der Waals surface area contributed by atoms with Crippen molar-refractivity contribution >= 4 is 0 Å². The van der Waals surface area contributed by atoms with Gasteiger partial charge in [0.25, 0.3) is 0 Å². The Morgan fingerprint density at radius 3 is 1.86 bits per heavy atom. The summed E-state index contributed by atoms with van der Waals surface area (Å²) in [7, 11) is 0. The van der Waals surface area contributed by atoms with Crippen molar-refractivity contribution in [2.24, 2.45) is 11.8 Å². The molecule has 0 amide bonds. The van der Waals surface area contributed by atoms with Crippen LogP contribution in [0.15, 0.2) is 71.3 Å². The van der Waals surface area contributed by atoms with Crippen molar-refractivity contribution in [2.75, 3.05) is 0 Å². The zero-order valence-electron chi connectivity index (χ0n) is 14.0. The molecule has 0 spiro atoms. The van der Waals surface area contributed by atoms with E-state index in [2.05, 4.69) is 74.3 Å². The maximum absolute atomic E-state index is 2.47. The fourth-order valence-corrected chi connectivity index (χ4v) is 3.16. The minimum Gasteiger partial charge on any atom is -0.315 e. The van der Waals surface area contributed by atoms with E-state index in [1.54, 1.807) is 0 Å². The van der Waals surface area contributed by atoms with E-state index in [0.717, 1.165) is 19.3 Å². The third-order valence-electron chi connectivity index (χ3n) is 4.73. The van der Waals surface area contributed by atoms with Crippen LogP contribution in [0.3, 0.4) is 0 Å². The maximum Gasteiger partial charge on any atom is 0.0415 e. The molecule has 22 heavy (non-hydrogen) atoms. The topological polar surface area (TPSA) is 3.24 Å². The largest absolute Gasteiger partial charge is 0.315 e. The van der Waals surface area contributed by atoms with Crippen LogP contribution in [0.5, 0.6) is 0 Å². The molecule has 3 rings (SSSR count). The van der Waals surface area contributed by atoms with Gasteiger partial charge in [-0.05, 0) is 62.7 Å². The predicted octanol–water partition coefficient (Wildman–Crippen LogP) is 5.87. The molecule has 116 valence electrons. The highest BCUT2D eigenvalue weighted by atomic mass is 15.2. The Morgan fingerprint density at radius 1 is 0.864 bits per heavy atom. The van der Waals surface area contributed by atoms with Crippen LogP contribution in [0.2, 0.25) is 0 Å². The van der Waals surface area contributed by atoms with Gasteiger partial charge in [0.15, 0.2) is 0 Å². The summed E-state index contributed by atoms with van der Waals surface area (Å²) in [6, 6.07) is 0. The Bertz CT molecular complexity index is 574. The summed E-state index contributed by atoms with van der Waals surface area (Å²) in [6.07, 6.45) is 23.2. The Morgan fingerprint density at radius 2 is 1.45 bits per heavy atom. The summed E-state index contributed by atoms with van der Waals surface area (Å²) in [5, 5.41) is 0. The van der Waals surface area contributed by atoms with Gasteiger partial charge in [-0.1, -0.05) is 49.8 Å². The first-order valence-electron chi connectivity index (χ1n) is 8.56. The molecular weight excluding hydrogens is 266 g/mol. The van der Waals surface area contributed by atoms with E-state index in [1.165, 1.54) is 29.1 Å². The van der Waals surface area contributed by atoms with Gasteiger partial charge in [0, 0.05) is 17.1 Å². The number of hydrogen-bond donors (Lipinski definition) is 0. The Labute approximate surface area is 135 Å². The second-order valence-electron chi connectivity index (χ2n) is 6.91. The lowest BCUT2D eigenvalue weighted by atomic mass is 9.96. The van der Waals surface area contributed by atoms with Crippen LogP contribution in [-0.4, -0.2) is 4.90 Å². The zero-order chi connectivity index (χ0) is 15.5. The lowest BCUT2D eigenvalue weighted by Gasteiger charge is -2.33. The van der Waals surface area contributed by atoms with Crippen molar-refractivity contribution in [3.63, 3.8) is 0 Å². The van der Waals surface area contributed by atoms with Gasteiger partial charge in [-0.3, -0.25) is 0 Å². The summed E-state index contributed by atoms with van der Waals surface area (Å²) in [4.78, 5) is 2.47. The van der Waals surface area contributed by atoms with Crippen molar-refractivity contribution in [3.8, 4) is 0 Å². The first-order valence-corrected chi connectivity index (χ1v) is 8.56. The Hall–Kier alpha value is -1.76. The number of allylic oxidation sites excluding steroid dienone is 10. The van der Waals surface area contributed by atoms with Crippen LogP contribution in [0.25, 0.3) is 0 Å². The summed E-state index contributed by atoms with van der Waals surface area (Å²) < 4.78 is 0. The summed E-state index contributed by atoms with van der Waals surface area (Å²) in [5.41, 5.74) is 5.57. The fraction of sp³-hybridized carbons (Fsp3) is 0.429. The average molecular weight is 293 g/mol. The second kappa shape index (κ2) is 6.56. The second-order valence-corrected chi connectivity index (χ2v) is 6.91. The normalized spacial score (nSPS) is 27.8. The van der Waals surface area contributed by atoms with E-state index < -0.39 is 0 Å². The van der Waals surface area contributed by atoms with Gasteiger partial charge in [-0.15, -0.1) is 0 Å². The van der Waals surface area contributed by atoms with Gasteiger partial charge in [-0.25, -0.2) is 0 Å². The molecule has 0 bridgehead atoms. The molecule has 0 radical (unpaired) electrons. The van der Waals surface area contributed by atoms with Gasteiger partial charge >= 0.3 is 0 Å². The molecule has 0 saturated heterocycles. The molecule has 0 N–H and O–H groups in total. The molecule has 0 aliphatic heterocycles. The SMILES string of the molecule is CC1=CC=C(N(C2=CCC(C)C=C2)C2=CCC(C)C=C2)CC1. The van der Waals surface area contributed by atoms with Crippen molar-refractivity contribution in [1.82, 2.24) is 4.90 Å². The fourth-order valence-electron chi connectivity index (χ4n) is 3.16. The summed E-state index contributed by atoms with van der Waals surface area (Å²) in [5.74, 6) is 1.31. The number of rotatable bonds is 3. The summed E-state index contributed by atoms with van der Waals surface area (Å²) >= 11 is 0. The first kappa shape index (κ1) is 15.1. The van der Waals surface area contributed by atoms with Gasteiger partial charge < -0.3 is 4.90 Å². The van der Waals surface area contributed by atoms with E-state index in [4.69, 9.17) is 0 Å². The van der Waals surface area contributed by atoms with Crippen LogP contribution >= 0.6 is 0 Å². The smallest absolute Gasteiger partial charge is 0.0415 e. The van der Waals surface area contributed by atoms with E-state index in [9.17, 15) is 0 Å². The van der Waals surface area contributed by atoms with Crippen LogP contribution in [0.1, 0.15) is 46.5 Å². The van der Waals surface area contributed by atoms with Gasteiger partial charge in [-0.2, -0.15) is 0 Å². The minimum absolute atomic E-state index is 0.656. The number of nitrogens with zero attached hydrogens (tertiary/aromatic N) is 1. The quantitative estimate of drug-likeness (QED) is 0.628. The van der Waals surface area contributed by atoms with Crippen molar-refractivity contribution in [1.29, 1.82) is 0 Å². The van der Waals surface area contributed by atoms with Crippen LogP contribution in [0, 0.1) is 11.8 Å². The maximum atomic E-state index is 2.47. The van der Waals surface area contributed by atoms with Crippen molar-refractivity contribution in [2.45, 2.75) is 46.5 Å². The lowest BCUT2D eigenvalue weighted by molar-refractivity contribution is 0.505. The number of hydrogen-bond acceptors (Lipinski definition) is 1. The van der Waals surface area contributed by atoms with E-state index in [1.807, 2.05) is 0 Å². The molecule has 3 aliphatic rings. The highest BCUT2D eigenvalue weighted by molar-refractivity contribution is 5.39. The molecule has 0 aromatic heterocycles. The van der Waals surface area contributed by atoms with Crippen molar-refractivity contribution < 1.29 is 0 Å². The average Bonchev–Trinajstić information content (AvgIpc) is 2.53.